The third-order valence-electron chi connectivity index (χ3n) is 3.56. The average Bonchev–Trinajstić information content (AvgIpc) is 2.72. The molecule has 2 aromatic rings. The van der Waals surface area contributed by atoms with Crippen LogP contribution in [0.25, 0.3) is 10.9 Å². The molecule has 0 radical (unpaired) electrons. The molecule has 0 saturated heterocycles. The van der Waals surface area contributed by atoms with E-state index in [1.165, 1.54) is 16.5 Å². The van der Waals surface area contributed by atoms with Gasteiger partial charge in [-0.05, 0) is 32.0 Å². The molecule has 0 spiro atoms. The van der Waals surface area contributed by atoms with E-state index in [0.29, 0.717) is 0 Å². The molecule has 2 rings (SSSR count). The minimum absolute atomic E-state index is 0.0278. The second-order valence-electron chi connectivity index (χ2n) is 4.82. The van der Waals surface area contributed by atoms with E-state index in [2.05, 4.69) is 53.0 Å². The van der Waals surface area contributed by atoms with Crippen LogP contribution in [0.2, 0.25) is 0 Å². The Kier molecular flexibility index (Phi) is 3.69. The van der Waals surface area contributed by atoms with Crippen LogP contribution in [-0.4, -0.2) is 29.1 Å². The second-order valence-corrected chi connectivity index (χ2v) is 4.82. The van der Waals surface area contributed by atoms with E-state index in [1.807, 2.05) is 14.0 Å². The number of likely N-dealkylation sites (N-methyl/N-ethyl adjacent to an activating group) is 1. The van der Waals surface area contributed by atoms with Crippen LogP contribution in [0.15, 0.2) is 30.5 Å². The summed E-state index contributed by atoms with van der Waals surface area (Å²) in [5.74, 6) is 0. The normalized spacial score (nSPS) is 12.8. The molecule has 94 valence electrons. The molecule has 3 heteroatoms. The molecule has 1 aromatic carbocycles. The number of nitrogens with zero attached hydrogens (tertiary/aromatic N) is 3. The molecule has 1 heterocycles. The number of hydrogen-bond acceptors (Lipinski definition) is 2. The maximum atomic E-state index is 8.88. The third-order valence-corrected chi connectivity index (χ3v) is 3.56. The first kappa shape index (κ1) is 12.7. The first-order chi connectivity index (χ1) is 8.63. The Balaban J connectivity index is 2.16. The van der Waals surface area contributed by atoms with Crippen LogP contribution < -0.4 is 0 Å². The standard InChI is InChI=1S/C15H19N3/c1-12(10-16)17(2)9-8-13-11-18(3)15-7-5-4-6-14(13)15/h4-7,11-12H,8-9H2,1-3H3. The van der Waals surface area contributed by atoms with Gasteiger partial charge in [-0.3, -0.25) is 4.90 Å². The Bertz CT molecular complexity index is 577. The van der Waals surface area contributed by atoms with Crippen LogP contribution in [0.5, 0.6) is 0 Å². The predicted octanol–water partition coefficient (Wildman–Crippen LogP) is 2.56. The lowest BCUT2D eigenvalue weighted by molar-refractivity contribution is 0.306. The summed E-state index contributed by atoms with van der Waals surface area (Å²) in [7, 11) is 4.08. The largest absolute Gasteiger partial charge is 0.350 e. The molecule has 1 atom stereocenters. The summed E-state index contributed by atoms with van der Waals surface area (Å²) in [6, 6.07) is 10.7. The first-order valence-electron chi connectivity index (χ1n) is 6.26. The molecular weight excluding hydrogens is 222 g/mol. The van der Waals surface area contributed by atoms with Gasteiger partial charge >= 0.3 is 0 Å². The predicted molar refractivity (Wildman–Crippen MR) is 74.3 cm³/mol. The van der Waals surface area contributed by atoms with Crippen molar-refractivity contribution in [2.24, 2.45) is 7.05 Å². The van der Waals surface area contributed by atoms with Crippen molar-refractivity contribution in [3.05, 3.63) is 36.0 Å². The van der Waals surface area contributed by atoms with E-state index >= 15 is 0 Å². The van der Waals surface area contributed by atoms with Gasteiger partial charge in [0.15, 0.2) is 0 Å². The Hall–Kier alpha value is -1.79. The lowest BCUT2D eigenvalue weighted by Gasteiger charge is -2.18. The molecule has 3 nitrogen and oxygen atoms in total. The van der Waals surface area contributed by atoms with Gasteiger partial charge in [0, 0.05) is 30.7 Å². The monoisotopic (exact) mass is 241 g/mol. The van der Waals surface area contributed by atoms with Crippen molar-refractivity contribution in [1.82, 2.24) is 9.47 Å². The summed E-state index contributed by atoms with van der Waals surface area (Å²) in [6.07, 6.45) is 3.17. The van der Waals surface area contributed by atoms with E-state index in [-0.39, 0.29) is 6.04 Å². The van der Waals surface area contributed by atoms with Gasteiger partial charge in [0.1, 0.15) is 0 Å². The van der Waals surface area contributed by atoms with E-state index in [4.69, 9.17) is 5.26 Å². The molecule has 0 aliphatic carbocycles. The second kappa shape index (κ2) is 5.24. The maximum Gasteiger partial charge on any atom is 0.0946 e. The Morgan fingerprint density at radius 1 is 1.39 bits per heavy atom. The lowest BCUT2D eigenvalue weighted by Crippen LogP contribution is -2.29. The quantitative estimate of drug-likeness (QED) is 0.824. The molecule has 0 aliphatic rings. The van der Waals surface area contributed by atoms with Crippen molar-refractivity contribution in [3.8, 4) is 6.07 Å². The zero-order valence-electron chi connectivity index (χ0n) is 11.2. The van der Waals surface area contributed by atoms with E-state index < -0.39 is 0 Å². The van der Waals surface area contributed by atoms with Gasteiger partial charge in [0.25, 0.3) is 0 Å². The van der Waals surface area contributed by atoms with Gasteiger partial charge < -0.3 is 4.57 Å². The summed E-state index contributed by atoms with van der Waals surface area (Å²) in [4.78, 5) is 2.09. The van der Waals surface area contributed by atoms with Crippen molar-refractivity contribution in [2.45, 2.75) is 19.4 Å². The summed E-state index contributed by atoms with van der Waals surface area (Å²) < 4.78 is 2.17. The highest BCUT2D eigenvalue weighted by atomic mass is 15.1. The molecule has 18 heavy (non-hydrogen) atoms. The van der Waals surface area contributed by atoms with Crippen LogP contribution in [0.4, 0.5) is 0 Å². The van der Waals surface area contributed by atoms with Crippen molar-refractivity contribution in [2.75, 3.05) is 13.6 Å². The van der Waals surface area contributed by atoms with Gasteiger partial charge in [-0.25, -0.2) is 0 Å². The molecule has 0 amide bonds. The lowest BCUT2D eigenvalue weighted by atomic mass is 10.1. The fourth-order valence-electron chi connectivity index (χ4n) is 2.21. The Labute approximate surface area is 108 Å². The van der Waals surface area contributed by atoms with E-state index in [1.54, 1.807) is 0 Å². The van der Waals surface area contributed by atoms with Crippen LogP contribution in [0.1, 0.15) is 12.5 Å². The maximum absolute atomic E-state index is 8.88. The van der Waals surface area contributed by atoms with Gasteiger partial charge in [-0.2, -0.15) is 5.26 Å². The van der Waals surface area contributed by atoms with Crippen molar-refractivity contribution in [1.29, 1.82) is 5.26 Å². The zero-order valence-corrected chi connectivity index (χ0v) is 11.2. The molecule has 0 saturated carbocycles. The summed E-state index contributed by atoms with van der Waals surface area (Å²) in [6.45, 7) is 2.84. The Morgan fingerprint density at radius 3 is 2.83 bits per heavy atom. The first-order valence-corrected chi connectivity index (χ1v) is 6.26. The summed E-state index contributed by atoms with van der Waals surface area (Å²) in [5, 5.41) is 10.2. The number of hydrogen-bond donors (Lipinski definition) is 0. The van der Waals surface area contributed by atoms with E-state index in [0.717, 1.165) is 13.0 Å². The van der Waals surface area contributed by atoms with Gasteiger partial charge in [0.2, 0.25) is 0 Å². The molecule has 0 aliphatic heterocycles. The van der Waals surface area contributed by atoms with Crippen molar-refractivity contribution in [3.63, 3.8) is 0 Å². The van der Waals surface area contributed by atoms with Crippen molar-refractivity contribution < 1.29 is 0 Å². The van der Waals surface area contributed by atoms with Gasteiger partial charge in [0.05, 0.1) is 12.1 Å². The van der Waals surface area contributed by atoms with Gasteiger partial charge in [-0.1, -0.05) is 18.2 Å². The van der Waals surface area contributed by atoms with Crippen LogP contribution in [0, 0.1) is 11.3 Å². The van der Waals surface area contributed by atoms with Crippen molar-refractivity contribution >= 4 is 10.9 Å². The highest BCUT2D eigenvalue weighted by Crippen LogP contribution is 2.20. The molecule has 1 unspecified atom stereocenters. The number of para-hydroxylation sites is 1. The fourth-order valence-corrected chi connectivity index (χ4v) is 2.21. The highest BCUT2D eigenvalue weighted by Gasteiger charge is 2.10. The molecule has 0 fully saturated rings. The SMILES string of the molecule is CC(C#N)N(C)CCc1cn(C)c2ccccc12. The van der Waals surface area contributed by atoms with Crippen LogP contribution >= 0.6 is 0 Å². The number of aryl methyl sites for hydroxylation is 1. The minimum atomic E-state index is -0.0278. The Morgan fingerprint density at radius 2 is 2.11 bits per heavy atom. The number of fused-ring (bicyclic) bond motifs is 1. The summed E-state index contributed by atoms with van der Waals surface area (Å²) >= 11 is 0. The molecule has 0 N–H and O–H groups in total. The number of aromatic nitrogens is 1. The minimum Gasteiger partial charge on any atom is -0.350 e. The van der Waals surface area contributed by atoms with E-state index in [9.17, 15) is 0 Å². The topological polar surface area (TPSA) is 32.0 Å². The van der Waals surface area contributed by atoms with Gasteiger partial charge in [-0.15, -0.1) is 0 Å². The average molecular weight is 241 g/mol. The summed E-state index contributed by atoms with van der Waals surface area (Å²) in [5.41, 5.74) is 2.62. The molecule has 0 bridgehead atoms. The smallest absolute Gasteiger partial charge is 0.0946 e. The number of nitriles is 1. The molecule has 1 aromatic heterocycles. The molecular formula is C15H19N3. The number of rotatable bonds is 4. The highest BCUT2D eigenvalue weighted by molar-refractivity contribution is 5.83. The fraction of sp³-hybridized carbons (Fsp3) is 0.400. The third kappa shape index (κ3) is 2.39. The zero-order chi connectivity index (χ0) is 13.1. The van der Waals surface area contributed by atoms with Crippen LogP contribution in [0.3, 0.4) is 0 Å². The number of benzene rings is 1. The van der Waals surface area contributed by atoms with Crippen LogP contribution in [-0.2, 0) is 13.5 Å².